The molecule has 1 aromatic heterocycles. The van der Waals surface area contributed by atoms with Crippen LogP contribution < -0.4 is 0 Å². The van der Waals surface area contributed by atoms with Gasteiger partial charge in [0.15, 0.2) is 0 Å². The van der Waals surface area contributed by atoms with E-state index in [2.05, 4.69) is 64.3 Å². The van der Waals surface area contributed by atoms with Crippen LogP contribution in [0.3, 0.4) is 0 Å². The highest BCUT2D eigenvalue weighted by Crippen LogP contribution is 2.34. The van der Waals surface area contributed by atoms with Crippen LogP contribution in [-0.2, 0) is 12.8 Å². The SMILES string of the molecule is c1ccc2c(c1)CCCc1ccccc1C2n1ccnc1. The molecule has 0 amide bonds. The van der Waals surface area contributed by atoms with Gasteiger partial charge in [0.25, 0.3) is 0 Å². The first-order valence-corrected chi connectivity index (χ1v) is 7.56. The fourth-order valence-electron chi connectivity index (χ4n) is 3.44. The third-order valence-electron chi connectivity index (χ3n) is 4.41. The molecule has 0 bridgehead atoms. The summed E-state index contributed by atoms with van der Waals surface area (Å²) in [6.07, 6.45) is 9.37. The smallest absolute Gasteiger partial charge is 0.0954 e. The van der Waals surface area contributed by atoms with Gasteiger partial charge in [-0.3, -0.25) is 0 Å². The highest BCUT2D eigenvalue weighted by atomic mass is 15.1. The number of imidazole rings is 1. The van der Waals surface area contributed by atoms with Crippen LogP contribution in [0.25, 0.3) is 0 Å². The number of hydrogen-bond donors (Lipinski definition) is 0. The van der Waals surface area contributed by atoms with E-state index in [9.17, 15) is 0 Å². The van der Waals surface area contributed by atoms with Crippen molar-refractivity contribution in [3.05, 3.63) is 89.5 Å². The zero-order valence-corrected chi connectivity index (χ0v) is 11.9. The van der Waals surface area contributed by atoms with Crippen molar-refractivity contribution < 1.29 is 0 Å². The second-order valence-corrected chi connectivity index (χ2v) is 5.66. The summed E-state index contributed by atoms with van der Waals surface area (Å²) < 4.78 is 2.23. The molecule has 4 rings (SSSR count). The first-order chi connectivity index (χ1) is 10.4. The second kappa shape index (κ2) is 5.21. The summed E-state index contributed by atoms with van der Waals surface area (Å²) >= 11 is 0. The number of nitrogens with zero attached hydrogens (tertiary/aromatic N) is 2. The van der Waals surface area contributed by atoms with Crippen molar-refractivity contribution in [3.8, 4) is 0 Å². The molecule has 0 aliphatic heterocycles. The van der Waals surface area contributed by atoms with E-state index in [-0.39, 0.29) is 6.04 Å². The summed E-state index contributed by atoms with van der Waals surface area (Å²) in [7, 11) is 0. The van der Waals surface area contributed by atoms with Gasteiger partial charge >= 0.3 is 0 Å². The van der Waals surface area contributed by atoms with Crippen molar-refractivity contribution in [2.75, 3.05) is 0 Å². The Kier molecular flexibility index (Phi) is 3.07. The molecule has 0 fully saturated rings. The van der Waals surface area contributed by atoms with Gasteiger partial charge in [-0.15, -0.1) is 0 Å². The van der Waals surface area contributed by atoms with Crippen molar-refractivity contribution in [1.82, 2.24) is 9.55 Å². The van der Waals surface area contributed by atoms with Gasteiger partial charge in [-0.25, -0.2) is 4.98 Å². The van der Waals surface area contributed by atoms with Gasteiger partial charge in [-0.2, -0.15) is 0 Å². The zero-order chi connectivity index (χ0) is 14.1. The fraction of sp³-hybridized carbons (Fsp3) is 0.211. The van der Waals surface area contributed by atoms with Crippen LogP contribution in [0.2, 0.25) is 0 Å². The van der Waals surface area contributed by atoms with Gasteiger partial charge in [0.1, 0.15) is 0 Å². The molecule has 2 aromatic carbocycles. The third-order valence-corrected chi connectivity index (χ3v) is 4.41. The molecule has 0 atom stereocenters. The van der Waals surface area contributed by atoms with Crippen molar-refractivity contribution in [2.24, 2.45) is 0 Å². The Bertz CT molecular complexity index is 696. The lowest BCUT2D eigenvalue weighted by Gasteiger charge is -2.27. The lowest BCUT2D eigenvalue weighted by Crippen LogP contribution is -2.17. The van der Waals surface area contributed by atoms with Crippen molar-refractivity contribution in [2.45, 2.75) is 25.3 Å². The number of hydrogen-bond acceptors (Lipinski definition) is 1. The molecule has 21 heavy (non-hydrogen) atoms. The van der Waals surface area contributed by atoms with Gasteiger partial charge in [0.05, 0.1) is 12.4 Å². The van der Waals surface area contributed by atoms with Crippen molar-refractivity contribution >= 4 is 0 Å². The molecule has 2 heteroatoms. The van der Waals surface area contributed by atoms with Crippen LogP contribution in [0.5, 0.6) is 0 Å². The summed E-state index contributed by atoms with van der Waals surface area (Å²) in [6, 6.07) is 17.9. The molecule has 2 nitrogen and oxygen atoms in total. The molecule has 0 radical (unpaired) electrons. The zero-order valence-electron chi connectivity index (χ0n) is 11.9. The van der Waals surface area contributed by atoms with Gasteiger partial charge in [-0.05, 0) is 41.5 Å². The summed E-state index contributed by atoms with van der Waals surface area (Å²) in [5, 5.41) is 0. The summed E-state index contributed by atoms with van der Waals surface area (Å²) in [5.41, 5.74) is 5.74. The average molecular weight is 274 g/mol. The van der Waals surface area contributed by atoms with Crippen LogP contribution in [0, 0.1) is 0 Å². The Morgan fingerprint density at radius 1 is 0.857 bits per heavy atom. The minimum Gasteiger partial charge on any atom is -0.326 e. The molecule has 1 aliphatic carbocycles. The molecule has 0 spiro atoms. The van der Waals surface area contributed by atoms with Gasteiger partial charge in [-0.1, -0.05) is 48.5 Å². The number of aromatic nitrogens is 2. The molecule has 1 aliphatic rings. The lowest BCUT2D eigenvalue weighted by molar-refractivity contribution is 0.640. The minimum absolute atomic E-state index is 0.236. The predicted molar refractivity (Wildman–Crippen MR) is 84.4 cm³/mol. The number of benzene rings is 2. The Morgan fingerprint density at radius 2 is 1.48 bits per heavy atom. The molecule has 3 aromatic rings. The van der Waals surface area contributed by atoms with Crippen LogP contribution >= 0.6 is 0 Å². The van der Waals surface area contributed by atoms with Crippen LogP contribution in [-0.4, -0.2) is 9.55 Å². The highest BCUT2D eigenvalue weighted by molar-refractivity contribution is 5.43. The van der Waals surface area contributed by atoms with Crippen molar-refractivity contribution in [1.29, 1.82) is 0 Å². The summed E-state index contributed by atoms with van der Waals surface area (Å²) in [4.78, 5) is 4.26. The van der Waals surface area contributed by atoms with E-state index in [4.69, 9.17) is 0 Å². The van der Waals surface area contributed by atoms with Crippen LogP contribution in [0.1, 0.15) is 34.7 Å². The average Bonchev–Trinajstić information content (AvgIpc) is 3.02. The van der Waals surface area contributed by atoms with Crippen LogP contribution in [0.4, 0.5) is 0 Å². The normalized spacial score (nSPS) is 14.9. The van der Waals surface area contributed by atoms with Gasteiger partial charge in [0, 0.05) is 12.4 Å². The van der Waals surface area contributed by atoms with Gasteiger partial charge < -0.3 is 4.57 Å². The maximum Gasteiger partial charge on any atom is 0.0954 e. The van der Waals surface area contributed by atoms with Crippen molar-refractivity contribution in [3.63, 3.8) is 0 Å². The molecular formula is C19H18N2. The Morgan fingerprint density at radius 3 is 2.05 bits per heavy atom. The van der Waals surface area contributed by atoms with Crippen LogP contribution in [0.15, 0.2) is 67.3 Å². The Balaban J connectivity index is 1.97. The van der Waals surface area contributed by atoms with E-state index in [0.717, 1.165) is 12.8 Å². The monoisotopic (exact) mass is 274 g/mol. The van der Waals surface area contributed by atoms with Gasteiger partial charge in [0.2, 0.25) is 0 Å². The number of fused-ring (bicyclic) bond motifs is 2. The quantitative estimate of drug-likeness (QED) is 0.655. The third kappa shape index (κ3) is 2.17. The Hall–Kier alpha value is -2.35. The molecule has 0 saturated heterocycles. The maximum absolute atomic E-state index is 4.26. The first kappa shape index (κ1) is 12.4. The van der Waals surface area contributed by atoms with E-state index < -0.39 is 0 Å². The standard InChI is InChI=1S/C19H18N2/c1-3-10-17-15(6-1)8-5-9-16-7-2-4-11-18(16)19(17)21-13-12-20-14-21/h1-4,6-7,10-14,19H,5,8-9H2. The van der Waals surface area contributed by atoms with E-state index in [1.54, 1.807) is 0 Å². The molecule has 1 heterocycles. The number of rotatable bonds is 1. The van der Waals surface area contributed by atoms with E-state index in [0.29, 0.717) is 0 Å². The first-order valence-electron chi connectivity index (χ1n) is 7.56. The predicted octanol–water partition coefficient (Wildman–Crippen LogP) is 4.01. The molecule has 0 N–H and O–H groups in total. The lowest BCUT2D eigenvalue weighted by atomic mass is 9.85. The molecule has 0 saturated carbocycles. The van der Waals surface area contributed by atoms with E-state index >= 15 is 0 Å². The highest BCUT2D eigenvalue weighted by Gasteiger charge is 2.22. The molecule has 104 valence electrons. The summed E-state index contributed by atoms with van der Waals surface area (Å²) in [6.45, 7) is 0. The van der Waals surface area contributed by atoms with E-state index in [1.165, 1.54) is 28.7 Å². The minimum atomic E-state index is 0.236. The molecular weight excluding hydrogens is 256 g/mol. The second-order valence-electron chi connectivity index (χ2n) is 5.66. The maximum atomic E-state index is 4.26. The fourth-order valence-corrected chi connectivity index (χ4v) is 3.44. The summed E-state index contributed by atoms with van der Waals surface area (Å²) in [5.74, 6) is 0. The van der Waals surface area contributed by atoms with E-state index in [1.807, 2.05) is 12.5 Å². The number of aryl methyl sites for hydroxylation is 2. The topological polar surface area (TPSA) is 17.8 Å². The molecule has 0 unspecified atom stereocenters. The largest absolute Gasteiger partial charge is 0.326 e. The Labute approximate surface area is 125 Å².